The molecule has 0 bridgehead atoms. The average Bonchev–Trinajstić information content (AvgIpc) is 3.49. The van der Waals surface area contributed by atoms with Crippen molar-refractivity contribution >= 4 is 35.8 Å². The Kier molecular flexibility index (Phi) is 8.64. The van der Waals surface area contributed by atoms with Crippen LogP contribution in [0, 0.1) is 0 Å². The van der Waals surface area contributed by atoms with E-state index in [1.54, 1.807) is 6.33 Å². The molecule has 1 N–H and O–H groups in total. The number of ether oxygens (including phenoxy) is 1. The first-order valence-electron chi connectivity index (χ1n) is 10.6. The molecule has 2 fully saturated rings. The molecule has 0 saturated carbocycles. The molecule has 31 heavy (non-hydrogen) atoms. The summed E-state index contributed by atoms with van der Waals surface area (Å²) < 4.78 is 7.50. The second kappa shape index (κ2) is 11.4. The SMILES string of the molecule is CCNC(=NCc1nncn1-c1ccccc1)N1CCN(C(=O)C2CCCO2)CC1.I. The monoisotopic (exact) mass is 539 g/mol. The maximum absolute atomic E-state index is 12.6. The van der Waals surface area contributed by atoms with Gasteiger partial charge >= 0.3 is 0 Å². The van der Waals surface area contributed by atoms with E-state index in [4.69, 9.17) is 9.73 Å². The number of piperazine rings is 1. The maximum atomic E-state index is 12.6. The van der Waals surface area contributed by atoms with Gasteiger partial charge in [-0.1, -0.05) is 18.2 Å². The van der Waals surface area contributed by atoms with E-state index in [1.807, 2.05) is 39.8 Å². The van der Waals surface area contributed by atoms with Crippen LogP contribution in [0.1, 0.15) is 25.6 Å². The van der Waals surface area contributed by atoms with Gasteiger partial charge in [0.1, 0.15) is 19.0 Å². The lowest BCUT2D eigenvalue weighted by Gasteiger charge is -2.37. The van der Waals surface area contributed by atoms with E-state index < -0.39 is 0 Å². The van der Waals surface area contributed by atoms with E-state index in [1.165, 1.54) is 0 Å². The highest BCUT2D eigenvalue weighted by Gasteiger charge is 2.30. The molecule has 2 saturated heterocycles. The van der Waals surface area contributed by atoms with E-state index in [2.05, 4.69) is 27.3 Å². The minimum absolute atomic E-state index is 0. The number of aliphatic imine (C=N–C) groups is 1. The fourth-order valence-corrected chi connectivity index (χ4v) is 3.86. The zero-order valence-corrected chi connectivity index (χ0v) is 20.1. The van der Waals surface area contributed by atoms with Gasteiger partial charge < -0.3 is 19.9 Å². The van der Waals surface area contributed by atoms with Crippen molar-refractivity contribution in [3.05, 3.63) is 42.5 Å². The summed E-state index contributed by atoms with van der Waals surface area (Å²) in [6.45, 7) is 6.81. The van der Waals surface area contributed by atoms with Crippen LogP contribution in [0.2, 0.25) is 0 Å². The van der Waals surface area contributed by atoms with Crippen LogP contribution in [0.15, 0.2) is 41.7 Å². The summed E-state index contributed by atoms with van der Waals surface area (Å²) in [5, 5.41) is 11.7. The number of carbonyl (C=O) groups excluding carboxylic acids is 1. The largest absolute Gasteiger partial charge is 0.368 e. The molecule has 10 heteroatoms. The van der Waals surface area contributed by atoms with Crippen molar-refractivity contribution in [3.63, 3.8) is 0 Å². The van der Waals surface area contributed by atoms with Crippen molar-refractivity contribution in [2.75, 3.05) is 39.3 Å². The number of guanidine groups is 1. The second-order valence-electron chi connectivity index (χ2n) is 7.44. The topological polar surface area (TPSA) is 87.9 Å². The van der Waals surface area contributed by atoms with Gasteiger partial charge in [0.2, 0.25) is 0 Å². The fourth-order valence-electron chi connectivity index (χ4n) is 3.86. The number of aromatic nitrogens is 3. The Morgan fingerprint density at radius 1 is 1.19 bits per heavy atom. The van der Waals surface area contributed by atoms with Crippen LogP contribution in [0.4, 0.5) is 0 Å². The molecule has 0 aliphatic carbocycles. The van der Waals surface area contributed by atoms with Crippen LogP contribution in [0.5, 0.6) is 0 Å². The average molecular weight is 539 g/mol. The molecule has 1 atom stereocenters. The molecular formula is C21H30IN7O2. The van der Waals surface area contributed by atoms with E-state index >= 15 is 0 Å². The number of rotatable bonds is 5. The van der Waals surface area contributed by atoms with Gasteiger partial charge in [0, 0.05) is 45.0 Å². The van der Waals surface area contributed by atoms with Crippen molar-refractivity contribution in [2.45, 2.75) is 32.4 Å². The van der Waals surface area contributed by atoms with Crippen LogP contribution in [-0.4, -0.2) is 81.9 Å². The lowest BCUT2D eigenvalue weighted by Crippen LogP contribution is -2.55. The molecule has 1 aromatic heterocycles. The molecule has 2 aliphatic rings. The van der Waals surface area contributed by atoms with E-state index in [9.17, 15) is 4.79 Å². The number of amides is 1. The number of hydrogen-bond acceptors (Lipinski definition) is 5. The van der Waals surface area contributed by atoms with Crippen molar-refractivity contribution < 1.29 is 9.53 Å². The number of carbonyl (C=O) groups is 1. The summed E-state index contributed by atoms with van der Waals surface area (Å²) in [7, 11) is 0. The minimum atomic E-state index is -0.247. The predicted octanol–water partition coefficient (Wildman–Crippen LogP) is 1.67. The van der Waals surface area contributed by atoms with Crippen molar-refractivity contribution in [3.8, 4) is 5.69 Å². The summed E-state index contributed by atoms with van der Waals surface area (Å²) in [4.78, 5) is 21.5. The molecule has 0 spiro atoms. The van der Waals surface area contributed by atoms with Crippen LogP contribution in [-0.2, 0) is 16.1 Å². The fraction of sp³-hybridized carbons (Fsp3) is 0.524. The van der Waals surface area contributed by atoms with Gasteiger partial charge in [-0.05, 0) is 31.9 Å². The van der Waals surface area contributed by atoms with Crippen LogP contribution in [0.25, 0.3) is 5.69 Å². The Labute approximate surface area is 199 Å². The quantitative estimate of drug-likeness (QED) is 0.354. The highest BCUT2D eigenvalue weighted by molar-refractivity contribution is 14.0. The van der Waals surface area contributed by atoms with Crippen molar-refractivity contribution in [1.29, 1.82) is 0 Å². The Bertz CT molecular complexity index is 860. The molecule has 168 valence electrons. The van der Waals surface area contributed by atoms with Gasteiger partial charge in [-0.25, -0.2) is 4.99 Å². The summed E-state index contributed by atoms with van der Waals surface area (Å²) in [6.07, 6.45) is 3.28. The number of nitrogens with zero attached hydrogens (tertiary/aromatic N) is 6. The Hall–Kier alpha value is -2.21. The summed E-state index contributed by atoms with van der Waals surface area (Å²) in [5.41, 5.74) is 1.01. The van der Waals surface area contributed by atoms with Gasteiger partial charge in [0.05, 0.1) is 0 Å². The molecule has 2 aliphatic heterocycles. The summed E-state index contributed by atoms with van der Waals surface area (Å²) >= 11 is 0. The molecule has 1 unspecified atom stereocenters. The summed E-state index contributed by atoms with van der Waals surface area (Å²) in [5.74, 6) is 1.75. The van der Waals surface area contributed by atoms with Gasteiger partial charge in [-0.15, -0.1) is 34.2 Å². The predicted molar refractivity (Wildman–Crippen MR) is 129 cm³/mol. The van der Waals surface area contributed by atoms with E-state index in [-0.39, 0.29) is 36.0 Å². The maximum Gasteiger partial charge on any atom is 0.251 e. The number of hydrogen-bond donors (Lipinski definition) is 1. The minimum Gasteiger partial charge on any atom is -0.368 e. The molecule has 0 radical (unpaired) electrons. The van der Waals surface area contributed by atoms with Crippen LogP contribution in [0.3, 0.4) is 0 Å². The van der Waals surface area contributed by atoms with Crippen LogP contribution < -0.4 is 5.32 Å². The summed E-state index contributed by atoms with van der Waals surface area (Å²) in [6, 6.07) is 10.0. The Balaban J connectivity index is 0.00000272. The zero-order valence-electron chi connectivity index (χ0n) is 17.8. The third-order valence-corrected chi connectivity index (χ3v) is 5.45. The molecule has 2 aromatic rings. The Morgan fingerprint density at radius 3 is 2.61 bits per heavy atom. The molecule has 9 nitrogen and oxygen atoms in total. The Morgan fingerprint density at radius 2 is 1.94 bits per heavy atom. The van der Waals surface area contributed by atoms with Crippen LogP contribution >= 0.6 is 24.0 Å². The molecule has 1 amide bonds. The lowest BCUT2D eigenvalue weighted by atomic mass is 10.2. The van der Waals surface area contributed by atoms with Crippen molar-refractivity contribution in [1.82, 2.24) is 29.9 Å². The first kappa shape index (κ1) is 23.5. The second-order valence-corrected chi connectivity index (χ2v) is 7.44. The number of nitrogens with one attached hydrogen (secondary N) is 1. The molecular weight excluding hydrogens is 509 g/mol. The van der Waals surface area contributed by atoms with Gasteiger partial charge in [0.15, 0.2) is 11.8 Å². The smallest absolute Gasteiger partial charge is 0.251 e. The van der Waals surface area contributed by atoms with Gasteiger partial charge in [-0.3, -0.25) is 9.36 Å². The van der Waals surface area contributed by atoms with Gasteiger partial charge in [0.25, 0.3) is 5.91 Å². The third-order valence-electron chi connectivity index (χ3n) is 5.45. The first-order valence-corrected chi connectivity index (χ1v) is 10.6. The highest BCUT2D eigenvalue weighted by atomic mass is 127. The van der Waals surface area contributed by atoms with Crippen molar-refractivity contribution in [2.24, 2.45) is 4.99 Å². The standard InChI is InChI=1S/C21H29N7O2.HI/c1-2-22-21(23-15-19-25-24-16-28(19)17-7-4-3-5-8-17)27-12-10-26(11-13-27)20(29)18-9-6-14-30-18;/h3-5,7-8,16,18H,2,6,9-15H2,1H3,(H,22,23);1H. The zero-order chi connectivity index (χ0) is 20.8. The molecule has 3 heterocycles. The number of halogens is 1. The number of para-hydroxylation sites is 1. The first-order chi connectivity index (χ1) is 14.8. The normalized spacial score (nSPS) is 19.3. The molecule has 4 rings (SSSR count). The van der Waals surface area contributed by atoms with E-state index in [0.29, 0.717) is 26.2 Å². The van der Waals surface area contributed by atoms with Gasteiger partial charge in [-0.2, -0.15) is 0 Å². The van der Waals surface area contributed by atoms with E-state index in [0.717, 1.165) is 49.9 Å². The lowest BCUT2D eigenvalue weighted by molar-refractivity contribution is -0.142. The number of benzene rings is 1. The highest BCUT2D eigenvalue weighted by Crippen LogP contribution is 2.16. The molecule has 1 aromatic carbocycles. The third kappa shape index (κ3) is 5.73.